The average Bonchev–Trinajstić information content (AvgIpc) is 2.86. The van der Waals surface area contributed by atoms with E-state index in [0.29, 0.717) is 51.8 Å². The van der Waals surface area contributed by atoms with Crippen molar-refractivity contribution >= 4 is 42.8 Å². The number of aromatic nitrogens is 1. The van der Waals surface area contributed by atoms with Gasteiger partial charge in [0.15, 0.2) is 0 Å². The topological polar surface area (TPSA) is 78.5 Å². The first kappa shape index (κ1) is 30.0. The second-order valence-electron chi connectivity index (χ2n) is 9.51. The van der Waals surface area contributed by atoms with Crippen LogP contribution in [0.3, 0.4) is 0 Å². The molecule has 2 fully saturated rings. The summed E-state index contributed by atoms with van der Waals surface area (Å²) in [7, 11) is 10.0. The third-order valence-electron chi connectivity index (χ3n) is 6.37. The molecule has 0 spiro atoms. The maximum absolute atomic E-state index is 13.9. The van der Waals surface area contributed by atoms with Crippen LogP contribution >= 0.6 is 29.0 Å². The summed E-state index contributed by atoms with van der Waals surface area (Å²) < 4.78 is 29.5. The van der Waals surface area contributed by atoms with E-state index in [1.807, 2.05) is 41.9 Å². The third-order valence-corrected chi connectivity index (χ3v) is 11.7. The molecule has 1 aromatic heterocycles. The number of piperazine rings is 1. The Hall–Kier alpha value is -0.585. The molecule has 0 saturated carbocycles. The Bertz CT molecular complexity index is 864. The van der Waals surface area contributed by atoms with Gasteiger partial charge in [0.05, 0.1) is 12.7 Å². The first-order valence-corrected chi connectivity index (χ1v) is 16.5. The standard InChI is InChI=1S/C23H39BN5O4PS2/c1-19(2)28-15-20(33-21(24)16-28)17-32-18-34(31,26(3)4)29-12-10-27(11-13-29)23(30)8-14-35-36-22-7-5-6-9-25-22/h5-7,9,19-21H,8,10-18H2,1-4H3. The highest BCUT2D eigenvalue weighted by Gasteiger charge is 2.37. The van der Waals surface area contributed by atoms with Crippen molar-refractivity contribution in [1.29, 1.82) is 0 Å². The molecule has 13 heteroatoms. The molecule has 2 aliphatic heterocycles. The number of hydrogen-bond acceptors (Lipinski definition) is 8. The van der Waals surface area contributed by atoms with Crippen LogP contribution in [0.1, 0.15) is 20.3 Å². The molecule has 2 saturated heterocycles. The zero-order valence-electron chi connectivity index (χ0n) is 21.8. The number of pyridine rings is 1. The van der Waals surface area contributed by atoms with Gasteiger partial charge in [-0.1, -0.05) is 16.9 Å². The molecule has 3 unspecified atom stereocenters. The van der Waals surface area contributed by atoms with Crippen molar-refractivity contribution in [3.8, 4) is 0 Å². The van der Waals surface area contributed by atoms with Crippen LogP contribution < -0.4 is 0 Å². The van der Waals surface area contributed by atoms with Crippen LogP contribution in [0.4, 0.5) is 0 Å². The van der Waals surface area contributed by atoms with Crippen LogP contribution in [0.2, 0.25) is 0 Å². The molecule has 1 aromatic rings. The predicted molar refractivity (Wildman–Crippen MR) is 149 cm³/mol. The van der Waals surface area contributed by atoms with Gasteiger partial charge in [0.25, 0.3) is 0 Å². The van der Waals surface area contributed by atoms with Gasteiger partial charge in [0.1, 0.15) is 19.2 Å². The van der Waals surface area contributed by atoms with Crippen molar-refractivity contribution in [2.75, 3.05) is 72.1 Å². The molecule has 1 amide bonds. The Kier molecular flexibility index (Phi) is 12.1. The number of morpholine rings is 1. The first-order chi connectivity index (χ1) is 17.2. The summed E-state index contributed by atoms with van der Waals surface area (Å²) in [5, 5.41) is 0.945. The highest BCUT2D eigenvalue weighted by atomic mass is 33.1. The van der Waals surface area contributed by atoms with Crippen LogP contribution in [0, 0.1) is 0 Å². The van der Waals surface area contributed by atoms with E-state index >= 15 is 0 Å². The molecule has 9 nitrogen and oxygen atoms in total. The second kappa shape index (κ2) is 14.5. The van der Waals surface area contributed by atoms with E-state index in [9.17, 15) is 9.36 Å². The van der Waals surface area contributed by atoms with Crippen LogP contribution in [0.15, 0.2) is 29.4 Å². The third kappa shape index (κ3) is 8.73. The second-order valence-corrected chi connectivity index (χ2v) is 14.9. The SMILES string of the molecule is [B]C1CN(C(C)C)CC(COCP(=O)(N(C)C)N2CCN(C(=O)CCSSc3ccccn3)CC2)O1. The van der Waals surface area contributed by atoms with Crippen LogP contribution in [0.5, 0.6) is 0 Å². The largest absolute Gasteiger partial charge is 0.380 e. The van der Waals surface area contributed by atoms with Gasteiger partial charge in [-0.25, -0.2) is 14.3 Å². The maximum Gasteiger partial charge on any atom is 0.241 e. The van der Waals surface area contributed by atoms with Crippen LogP contribution in [-0.2, 0) is 18.8 Å². The van der Waals surface area contributed by atoms with Gasteiger partial charge in [-0.15, -0.1) is 0 Å². The number of carbonyl (C=O) groups excluding carboxylic acids is 1. The van der Waals surface area contributed by atoms with E-state index < -0.39 is 7.44 Å². The van der Waals surface area contributed by atoms with Crippen molar-refractivity contribution in [2.24, 2.45) is 0 Å². The predicted octanol–water partition coefficient (Wildman–Crippen LogP) is 2.69. The molecule has 0 aromatic carbocycles. The van der Waals surface area contributed by atoms with Crippen LogP contribution in [-0.4, -0.2) is 128 Å². The Balaban J connectivity index is 1.41. The quantitative estimate of drug-likeness (QED) is 0.166. The lowest BCUT2D eigenvalue weighted by atomic mass is 9.96. The summed E-state index contributed by atoms with van der Waals surface area (Å²) in [6.45, 7) is 8.34. The summed E-state index contributed by atoms with van der Waals surface area (Å²) in [4.78, 5) is 21.1. The first-order valence-electron chi connectivity index (χ1n) is 12.4. The average molecular weight is 556 g/mol. The molecule has 3 heterocycles. The van der Waals surface area contributed by atoms with E-state index in [1.54, 1.807) is 32.5 Å². The smallest absolute Gasteiger partial charge is 0.241 e. The monoisotopic (exact) mass is 555 g/mol. The minimum Gasteiger partial charge on any atom is -0.380 e. The van der Waals surface area contributed by atoms with Crippen molar-refractivity contribution in [1.82, 2.24) is 24.1 Å². The van der Waals surface area contributed by atoms with Gasteiger partial charge in [-0.2, -0.15) is 0 Å². The van der Waals surface area contributed by atoms with Crippen molar-refractivity contribution in [3.05, 3.63) is 24.4 Å². The summed E-state index contributed by atoms with van der Waals surface area (Å²) in [5.74, 6) is 0.867. The lowest BCUT2D eigenvalue weighted by molar-refractivity contribution is -0.131. The molecule has 0 bridgehead atoms. The highest BCUT2D eigenvalue weighted by Crippen LogP contribution is 2.51. The molecule has 200 valence electrons. The minimum atomic E-state index is -2.91. The molecular weight excluding hydrogens is 516 g/mol. The van der Waals surface area contributed by atoms with Gasteiger partial charge in [-0.3, -0.25) is 14.3 Å². The Morgan fingerprint density at radius 3 is 2.67 bits per heavy atom. The number of nitrogens with zero attached hydrogens (tertiary/aromatic N) is 5. The van der Waals surface area contributed by atoms with Crippen LogP contribution in [0.25, 0.3) is 0 Å². The fraction of sp³-hybridized carbons (Fsp3) is 0.739. The zero-order valence-corrected chi connectivity index (χ0v) is 24.4. The lowest BCUT2D eigenvalue weighted by Gasteiger charge is -2.42. The summed E-state index contributed by atoms with van der Waals surface area (Å²) in [6, 6.07) is 5.85. The number of ether oxygens (including phenoxy) is 2. The summed E-state index contributed by atoms with van der Waals surface area (Å²) >= 11 is 0. The summed E-state index contributed by atoms with van der Waals surface area (Å²) in [6.07, 6.45) is 2.22. The van der Waals surface area contributed by atoms with Crippen molar-refractivity contribution < 1.29 is 18.8 Å². The molecular formula is C23H39BN5O4PS2. The number of rotatable bonds is 12. The number of hydrogen-bond donors (Lipinski definition) is 0. The van der Waals surface area contributed by atoms with Crippen molar-refractivity contribution in [3.63, 3.8) is 0 Å². The van der Waals surface area contributed by atoms with Gasteiger partial charge in [0.2, 0.25) is 13.4 Å². The van der Waals surface area contributed by atoms with E-state index in [4.69, 9.17) is 17.3 Å². The molecule has 0 N–H and O–H groups in total. The van der Waals surface area contributed by atoms with E-state index in [-0.39, 0.29) is 24.4 Å². The lowest BCUT2D eigenvalue weighted by Crippen LogP contribution is -2.52. The van der Waals surface area contributed by atoms with Gasteiger partial charge in [0, 0.05) is 69.7 Å². The Morgan fingerprint density at radius 1 is 1.28 bits per heavy atom. The summed E-state index contributed by atoms with van der Waals surface area (Å²) in [5.41, 5.74) is 0. The molecule has 3 rings (SSSR count). The Morgan fingerprint density at radius 2 is 2.03 bits per heavy atom. The number of carbonyl (C=O) groups is 1. The van der Waals surface area contributed by atoms with Gasteiger partial charge in [-0.05, 0) is 50.9 Å². The van der Waals surface area contributed by atoms with Gasteiger partial charge >= 0.3 is 0 Å². The van der Waals surface area contributed by atoms with Crippen molar-refractivity contribution in [2.45, 2.75) is 43.4 Å². The fourth-order valence-electron chi connectivity index (χ4n) is 4.21. The maximum atomic E-state index is 13.9. The molecule has 2 radical (unpaired) electrons. The zero-order chi connectivity index (χ0) is 26.1. The van der Waals surface area contributed by atoms with E-state index in [1.165, 1.54) is 0 Å². The molecule has 3 atom stereocenters. The number of amides is 1. The van der Waals surface area contributed by atoms with Gasteiger partial charge < -0.3 is 14.4 Å². The Labute approximate surface area is 225 Å². The minimum absolute atomic E-state index is 0.117. The molecule has 0 aliphatic carbocycles. The molecule has 2 aliphatic rings. The van der Waals surface area contributed by atoms with E-state index in [2.05, 4.69) is 23.7 Å². The molecule has 36 heavy (non-hydrogen) atoms. The van der Waals surface area contributed by atoms with E-state index in [0.717, 1.165) is 17.3 Å². The normalized spacial score (nSPS) is 23.8. The highest BCUT2D eigenvalue weighted by molar-refractivity contribution is 8.76. The fourth-order valence-corrected chi connectivity index (χ4v) is 8.12.